The minimum absolute atomic E-state index is 0.364. The molecule has 2 N–H and O–H groups in total. The Morgan fingerprint density at radius 2 is 1.77 bits per heavy atom. The van der Waals surface area contributed by atoms with Crippen LogP contribution in [0, 0.1) is 0 Å². The van der Waals surface area contributed by atoms with E-state index in [2.05, 4.69) is 25.7 Å². The first-order valence-corrected chi connectivity index (χ1v) is 5.72. The molecule has 1 atom stereocenters. The average molecular weight is 186 g/mol. The number of unbranched alkanes of at least 4 members (excludes halogenated alkanes) is 1. The van der Waals surface area contributed by atoms with Crippen molar-refractivity contribution in [2.75, 3.05) is 19.6 Å². The van der Waals surface area contributed by atoms with Gasteiger partial charge in [-0.1, -0.05) is 27.2 Å². The Bertz CT molecular complexity index is 104. The van der Waals surface area contributed by atoms with Crippen LogP contribution < -0.4 is 5.73 Å². The van der Waals surface area contributed by atoms with Crippen molar-refractivity contribution in [1.29, 1.82) is 0 Å². The van der Waals surface area contributed by atoms with Crippen LogP contribution in [-0.4, -0.2) is 30.6 Å². The smallest absolute Gasteiger partial charge is 0.0165 e. The van der Waals surface area contributed by atoms with Gasteiger partial charge in [0.25, 0.3) is 0 Å². The molecular weight excluding hydrogens is 160 g/mol. The van der Waals surface area contributed by atoms with Gasteiger partial charge in [0, 0.05) is 12.6 Å². The molecule has 0 aromatic rings. The maximum Gasteiger partial charge on any atom is 0.0165 e. The van der Waals surface area contributed by atoms with Gasteiger partial charge in [0.2, 0.25) is 0 Å². The van der Waals surface area contributed by atoms with E-state index in [1.807, 2.05) is 0 Å². The molecule has 0 fully saturated rings. The molecule has 0 rings (SSSR count). The molecule has 2 nitrogen and oxygen atoms in total. The summed E-state index contributed by atoms with van der Waals surface area (Å²) in [5.74, 6) is 0. The van der Waals surface area contributed by atoms with Crippen molar-refractivity contribution in [3.63, 3.8) is 0 Å². The fourth-order valence-corrected chi connectivity index (χ4v) is 1.45. The topological polar surface area (TPSA) is 29.3 Å². The minimum atomic E-state index is 0.364. The second-order valence-electron chi connectivity index (χ2n) is 3.82. The first-order chi connectivity index (χ1) is 6.24. The van der Waals surface area contributed by atoms with Gasteiger partial charge >= 0.3 is 0 Å². The summed E-state index contributed by atoms with van der Waals surface area (Å²) in [7, 11) is 0. The summed E-state index contributed by atoms with van der Waals surface area (Å²) in [4.78, 5) is 2.50. The van der Waals surface area contributed by atoms with Crippen LogP contribution in [0.15, 0.2) is 0 Å². The fraction of sp³-hybridized carbons (Fsp3) is 1.00. The summed E-state index contributed by atoms with van der Waals surface area (Å²) in [5.41, 5.74) is 5.93. The molecule has 0 aliphatic carbocycles. The quantitative estimate of drug-likeness (QED) is 0.630. The van der Waals surface area contributed by atoms with Crippen molar-refractivity contribution in [2.24, 2.45) is 5.73 Å². The van der Waals surface area contributed by atoms with E-state index in [4.69, 9.17) is 5.73 Å². The Hall–Kier alpha value is -0.0800. The second-order valence-corrected chi connectivity index (χ2v) is 3.82. The number of nitrogens with zero attached hydrogens (tertiary/aromatic N) is 1. The highest BCUT2D eigenvalue weighted by atomic mass is 15.1. The number of nitrogens with two attached hydrogens (primary N) is 1. The van der Waals surface area contributed by atoms with Crippen LogP contribution in [0.2, 0.25) is 0 Å². The number of hydrogen-bond donors (Lipinski definition) is 1. The van der Waals surface area contributed by atoms with E-state index in [0.29, 0.717) is 6.04 Å². The molecule has 0 heterocycles. The third-order valence-corrected chi connectivity index (χ3v) is 2.38. The number of hydrogen-bond acceptors (Lipinski definition) is 2. The monoisotopic (exact) mass is 186 g/mol. The largest absolute Gasteiger partial charge is 0.327 e. The third kappa shape index (κ3) is 7.03. The Morgan fingerprint density at radius 1 is 1.08 bits per heavy atom. The van der Waals surface area contributed by atoms with E-state index in [1.165, 1.54) is 32.4 Å². The van der Waals surface area contributed by atoms with E-state index in [1.54, 1.807) is 0 Å². The van der Waals surface area contributed by atoms with Crippen molar-refractivity contribution in [3.05, 3.63) is 0 Å². The first-order valence-electron chi connectivity index (χ1n) is 5.72. The van der Waals surface area contributed by atoms with Gasteiger partial charge in [-0.15, -0.1) is 0 Å². The average Bonchev–Trinajstić information content (AvgIpc) is 2.14. The summed E-state index contributed by atoms with van der Waals surface area (Å²) in [6.45, 7) is 10.1. The standard InChI is InChI=1S/C11H26N2/c1-4-7-9-13(8-5-2)10-11(12)6-3/h11H,4-10,12H2,1-3H3. The fourth-order valence-electron chi connectivity index (χ4n) is 1.45. The van der Waals surface area contributed by atoms with Crippen LogP contribution in [0.4, 0.5) is 0 Å². The predicted octanol–water partition coefficient (Wildman–Crippen LogP) is 2.24. The van der Waals surface area contributed by atoms with Crippen molar-refractivity contribution in [1.82, 2.24) is 4.90 Å². The van der Waals surface area contributed by atoms with Gasteiger partial charge in [-0.3, -0.25) is 0 Å². The zero-order valence-corrected chi connectivity index (χ0v) is 9.55. The Morgan fingerprint density at radius 3 is 2.23 bits per heavy atom. The van der Waals surface area contributed by atoms with Gasteiger partial charge < -0.3 is 10.6 Å². The van der Waals surface area contributed by atoms with E-state index >= 15 is 0 Å². The molecule has 1 unspecified atom stereocenters. The molecule has 0 saturated heterocycles. The highest BCUT2D eigenvalue weighted by molar-refractivity contribution is 4.66. The zero-order chi connectivity index (χ0) is 10.1. The van der Waals surface area contributed by atoms with E-state index in [-0.39, 0.29) is 0 Å². The minimum Gasteiger partial charge on any atom is -0.327 e. The molecular formula is C11H26N2. The van der Waals surface area contributed by atoms with Gasteiger partial charge in [-0.2, -0.15) is 0 Å². The van der Waals surface area contributed by atoms with Crippen LogP contribution in [0.5, 0.6) is 0 Å². The summed E-state index contributed by atoms with van der Waals surface area (Å²) < 4.78 is 0. The van der Waals surface area contributed by atoms with Crippen LogP contribution in [0.3, 0.4) is 0 Å². The van der Waals surface area contributed by atoms with Gasteiger partial charge in [0.15, 0.2) is 0 Å². The van der Waals surface area contributed by atoms with E-state index < -0.39 is 0 Å². The third-order valence-electron chi connectivity index (χ3n) is 2.38. The molecule has 13 heavy (non-hydrogen) atoms. The van der Waals surface area contributed by atoms with Crippen LogP contribution in [0.1, 0.15) is 46.5 Å². The maximum absolute atomic E-state index is 5.93. The van der Waals surface area contributed by atoms with E-state index in [9.17, 15) is 0 Å². The molecule has 80 valence electrons. The zero-order valence-electron chi connectivity index (χ0n) is 9.55. The van der Waals surface area contributed by atoms with Gasteiger partial charge in [-0.05, 0) is 32.4 Å². The van der Waals surface area contributed by atoms with Crippen molar-refractivity contribution in [3.8, 4) is 0 Å². The van der Waals surface area contributed by atoms with Gasteiger partial charge in [0.05, 0.1) is 0 Å². The lowest BCUT2D eigenvalue weighted by molar-refractivity contribution is 0.251. The first kappa shape index (κ1) is 12.9. The molecule has 0 radical (unpaired) electrons. The molecule has 0 spiro atoms. The summed E-state index contributed by atoms with van der Waals surface area (Å²) in [5, 5.41) is 0. The molecule has 0 saturated carbocycles. The summed E-state index contributed by atoms with van der Waals surface area (Å²) >= 11 is 0. The Labute approximate surface area is 83.5 Å². The lowest BCUT2D eigenvalue weighted by atomic mass is 10.2. The Balaban J connectivity index is 3.65. The molecule has 0 aromatic heterocycles. The van der Waals surface area contributed by atoms with Gasteiger partial charge in [-0.25, -0.2) is 0 Å². The molecule has 0 aliphatic heterocycles. The molecule has 0 bridgehead atoms. The van der Waals surface area contributed by atoms with Crippen molar-refractivity contribution in [2.45, 2.75) is 52.5 Å². The highest BCUT2D eigenvalue weighted by Crippen LogP contribution is 1.99. The summed E-state index contributed by atoms with van der Waals surface area (Å²) in [6, 6.07) is 0.364. The van der Waals surface area contributed by atoms with E-state index in [0.717, 1.165) is 13.0 Å². The lowest BCUT2D eigenvalue weighted by Gasteiger charge is -2.24. The maximum atomic E-state index is 5.93. The van der Waals surface area contributed by atoms with Crippen molar-refractivity contribution >= 4 is 0 Å². The van der Waals surface area contributed by atoms with Gasteiger partial charge in [0.1, 0.15) is 0 Å². The molecule has 0 aliphatic rings. The van der Waals surface area contributed by atoms with Crippen LogP contribution in [-0.2, 0) is 0 Å². The molecule has 2 heteroatoms. The lowest BCUT2D eigenvalue weighted by Crippen LogP contribution is -2.38. The Kier molecular flexibility index (Phi) is 8.46. The van der Waals surface area contributed by atoms with Crippen molar-refractivity contribution < 1.29 is 0 Å². The second kappa shape index (κ2) is 8.52. The highest BCUT2D eigenvalue weighted by Gasteiger charge is 2.07. The SMILES string of the molecule is CCCCN(CCC)CC(N)CC. The molecule has 0 amide bonds. The van der Waals surface area contributed by atoms with Crippen LogP contribution in [0.25, 0.3) is 0 Å². The van der Waals surface area contributed by atoms with Crippen LogP contribution >= 0.6 is 0 Å². The normalized spacial score (nSPS) is 13.6. The number of rotatable bonds is 8. The predicted molar refractivity (Wildman–Crippen MR) is 59.9 cm³/mol. The summed E-state index contributed by atoms with van der Waals surface area (Å²) in [6.07, 6.45) is 4.91. The molecule has 0 aromatic carbocycles.